The molecule has 6 rings (SSSR count). The maximum Gasteiger partial charge on any atom is 0.418 e. The molecule has 1 saturated heterocycles. The Morgan fingerprint density at radius 2 is 1.59 bits per heavy atom. The lowest BCUT2D eigenvalue weighted by Gasteiger charge is -2.31. The van der Waals surface area contributed by atoms with Crippen molar-refractivity contribution in [2.45, 2.75) is 63.3 Å². The van der Waals surface area contributed by atoms with E-state index in [0.29, 0.717) is 29.8 Å². The number of hydrogen-bond donors (Lipinski definition) is 1. The molecule has 3 aromatic carbocycles. The van der Waals surface area contributed by atoms with Crippen LogP contribution in [0.3, 0.4) is 0 Å². The van der Waals surface area contributed by atoms with Crippen LogP contribution in [0.4, 0.5) is 32.0 Å². The van der Waals surface area contributed by atoms with Crippen molar-refractivity contribution in [3.05, 3.63) is 83.2 Å². The van der Waals surface area contributed by atoms with Crippen LogP contribution in [0, 0.1) is 17.5 Å². The van der Waals surface area contributed by atoms with Crippen molar-refractivity contribution in [1.82, 2.24) is 14.7 Å². The second-order valence-corrected chi connectivity index (χ2v) is 11.0. The largest absolute Gasteiger partial charge is 0.418 e. The first kappa shape index (κ1) is 27.6. The molecular formula is C31H30F6N4. The van der Waals surface area contributed by atoms with Gasteiger partial charge in [-0.25, -0.2) is 13.2 Å². The fourth-order valence-corrected chi connectivity index (χ4v) is 6.32. The molecule has 0 amide bonds. The molecule has 0 bridgehead atoms. The Hall–Kier alpha value is -3.53. The predicted molar refractivity (Wildman–Crippen MR) is 146 cm³/mol. The minimum Gasteiger partial charge on any atom is -0.381 e. The Kier molecular flexibility index (Phi) is 7.44. The Morgan fingerprint density at radius 1 is 0.878 bits per heavy atom. The second kappa shape index (κ2) is 11.0. The van der Waals surface area contributed by atoms with E-state index in [0.717, 1.165) is 35.9 Å². The molecule has 0 unspecified atom stereocenters. The second-order valence-electron chi connectivity index (χ2n) is 11.0. The van der Waals surface area contributed by atoms with E-state index < -0.39 is 41.3 Å². The first-order chi connectivity index (χ1) is 19.7. The minimum atomic E-state index is -4.68. The topological polar surface area (TPSA) is 33.1 Å². The third-order valence-electron chi connectivity index (χ3n) is 8.33. The van der Waals surface area contributed by atoms with Gasteiger partial charge < -0.3 is 5.32 Å². The SMILES string of the molecule is Fc1cc(F)c(Cn2nc3c(C(F)(F)F)cccc3c2-c2ccc(N[C@@H]3CCN(C4CCCCC4)C3)cc2)c(F)c1. The van der Waals surface area contributed by atoms with Crippen LogP contribution in [0.5, 0.6) is 0 Å². The summed E-state index contributed by atoms with van der Waals surface area (Å²) in [5, 5.41) is 7.93. The van der Waals surface area contributed by atoms with Gasteiger partial charge in [-0.15, -0.1) is 0 Å². The molecule has 0 spiro atoms. The molecule has 1 saturated carbocycles. The number of rotatable bonds is 6. The molecule has 1 aliphatic carbocycles. The van der Waals surface area contributed by atoms with Gasteiger partial charge in [0.1, 0.15) is 23.0 Å². The van der Waals surface area contributed by atoms with Gasteiger partial charge in [-0.05, 0) is 37.5 Å². The number of likely N-dealkylation sites (tertiary alicyclic amines) is 1. The van der Waals surface area contributed by atoms with Gasteiger partial charge in [0.05, 0.1) is 17.8 Å². The Balaban J connectivity index is 1.31. The van der Waals surface area contributed by atoms with Gasteiger partial charge in [-0.2, -0.15) is 18.3 Å². The fourth-order valence-electron chi connectivity index (χ4n) is 6.32. The summed E-state index contributed by atoms with van der Waals surface area (Å²) < 4.78 is 85.2. The van der Waals surface area contributed by atoms with Crippen LogP contribution in [0.25, 0.3) is 22.2 Å². The highest BCUT2D eigenvalue weighted by Gasteiger charge is 2.35. The maximum atomic E-state index is 14.5. The van der Waals surface area contributed by atoms with Gasteiger partial charge in [0.25, 0.3) is 0 Å². The monoisotopic (exact) mass is 572 g/mol. The van der Waals surface area contributed by atoms with E-state index in [-0.39, 0.29) is 16.6 Å². The van der Waals surface area contributed by atoms with E-state index in [4.69, 9.17) is 0 Å². The van der Waals surface area contributed by atoms with E-state index in [9.17, 15) is 26.3 Å². The smallest absolute Gasteiger partial charge is 0.381 e. The number of hydrogen-bond acceptors (Lipinski definition) is 3. The first-order valence-electron chi connectivity index (χ1n) is 14.0. The van der Waals surface area contributed by atoms with Crippen LogP contribution < -0.4 is 5.32 Å². The molecule has 0 radical (unpaired) electrons. The quantitative estimate of drug-likeness (QED) is 0.238. The zero-order valence-corrected chi connectivity index (χ0v) is 22.3. The standard InChI is InChI=1S/C31H30F6N4/c32-20-15-27(33)25(28(34)16-20)18-41-30(24-7-4-8-26(29(24)39-41)31(35,36)37)19-9-11-21(12-10-19)38-22-13-14-40(17-22)23-5-2-1-3-6-23/h4,7-12,15-16,22-23,38H,1-3,5-6,13-14,17-18H2/t22-/m1/s1. The number of nitrogens with zero attached hydrogens (tertiary/aromatic N) is 3. The lowest BCUT2D eigenvalue weighted by molar-refractivity contribution is -0.136. The summed E-state index contributed by atoms with van der Waals surface area (Å²) in [7, 11) is 0. The molecule has 4 aromatic rings. The van der Waals surface area contributed by atoms with Crippen molar-refractivity contribution in [3.8, 4) is 11.3 Å². The van der Waals surface area contributed by atoms with E-state index in [1.54, 1.807) is 12.1 Å². The molecule has 216 valence electrons. The normalized spacial score (nSPS) is 18.8. The molecule has 41 heavy (non-hydrogen) atoms. The van der Waals surface area contributed by atoms with Crippen molar-refractivity contribution in [3.63, 3.8) is 0 Å². The molecule has 1 atom stereocenters. The molecular weight excluding hydrogens is 542 g/mol. The molecule has 1 aliphatic heterocycles. The highest BCUT2D eigenvalue weighted by atomic mass is 19.4. The summed E-state index contributed by atoms with van der Waals surface area (Å²) in [4.78, 5) is 2.57. The maximum absolute atomic E-state index is 14.5. The van der Waals surface area contributed by atoms with Gasteiger partial charge in [0.2, 0.25) is 0 Å². The predicted octanol–water partition coefficient (Wildman–Crippen LogP) is 8.01. The van der Waals surface area contributed by atoms with Gasteiger partial charge >= 0.3 is 6.18 Å². The van der Waals surface area contributed by atoms with E-state index in [1.165, 1.54) is 44.2 Å². The van der Waals surface area contributed by atoms with Gasteiger partial charge in [0.15, 0.2) is 0 Å². The molecule has 2 fully saturated rings. The van der Waals surface area contributed by atoms with E-state index in [2.05, 4.69) is 15.3 Å². The summed E-state index contributed by atoms with van der Waals surface area (Å²) in [6.07, 6.45) is 2.76. The van der Waals surface area contributed by atoms with Crippen molar-refractivity contribution >= 4 is 16.6 Å². The van der Waals surface area contributed by atoms with Crippen LogP contribution in [0.15, 0.2) is 54.6 Å². The zero-order valence-electron chi connectivity index (χ0n) is 22.3. The lowest BCUT2D eigenvalue weighted by Crippen LogP contribution is -2.36. The van der Waals surface area contributed by atoms with Crippen molar-refractivity contribution < 1.29 is 26.3 Å². The number of aromatic nitrogens is 2. The molecule has 4 nitrogen and oxygen atoms in total. The summed E-state index contributed by atoms with van der Waals surface area (Å²) in [6.45, 7) is 1.51. The van der Waals surface area contributed by atoms with E-state index >= 15 is 0 Å². The van der Waals surface area contributed by atoms with Crippen LogP contribution in [-0.4, -0.2) is 39.9 Å². The van der Waals surface area contributed by atoms with Crippen LogP contribution in [0.1, 0.15) is 49.7 Å². The van der Waals surface area contributed by atoms with Gasteiger partial charge in [0, 0.05) is 59.5 Å². The molecule has 1 N–H and O–H groups in total. The van der Waals surface area contributed by atoms with Crippen LogP contribution >= 0.6 is 0 Å². The third-order valence-corrected chi connectivity index (χ3v) is 8.33. The Morgan fingerprint density at radius 3 is 2.27 bits per heavy atom. The van der Waals surface area contributed by atoms with Crippen molar-refractivity contribution in [2.75, 3.05) is 18.4 Å². The number of alkyl halides is 3. The summed E-state index contributed by atoms with van der Waals surface area (Å²) >= 11 is 0. The average Bonchev–Trinajstić information content (AvgIpc) is 3.55. The number of nitrogens with one attached hydrogen (secondary N) is 1. The highest BCUT2D eigenvalue weighted by molar-refractivity contribution is 5.95. The van der Waals surface area contributed by atoms with Crippen molar-refractivity contribution in [1.29, 1.82) is 0 Å². The van der Waals surface area contributed by atoms with Crippen LogP contribution in [-0.2, 0) is 12.7 Å². The van der Waals surface area contributed by atoms with Crippen molar-refractivity contribution in [2.24, 2.45) is 0 Å². The molecule has 2 aliphatic rings. The average molecular weight is 573 g/mol. The first-order valence-corrected chi connectivity index (χ1v) is 14.0. The van der Waals surface area contributed by atoms with E-state index in [1.807, 2.05) is 12.1 Å². The lowest BCUT2D eigenvalue weighted by atomic mass is 9.94. The molecule has 1 aromatic heterocycles. The Labute approximate surface area is 234 Å². The molecule has 2 heterocycles. The number of halogens is 6. The third kappa shape index (κ3) is 5.66. The number of fused-ring (bicyclic) bond motifs is 1. The summed E-state index contributed by atoms with van der Waals surface area (Å²) in [6, 6.07) is 13.0. The number of anilines is 1. The Bertz CT molecular complexity index is 1520. The summed E-state index contributed by atoms with van der Waals surface area (Å²) in [5.41, 5.74) is -0.0612. The fraction of sp³-hybridized carbons (Fsp3) is 0.387. The van der Waals surface area contributed by atoms with Gasteiger partial charge in [-0.3, -0.25) is 9.58 Å². The zero-order chi connectivity index (χ0) is 28.7. The highest BCUT2D eigenvalue weighted by Crippen LogP contribution is 2.39. The minimum absolute atomic E-state index is 0.197. The molecule has 10 heteroatoms. The van der Waals surface area contributed by atoms with Crippen LogP contribution in [0.2, 0.25) is 0 Å². The number of benzene rings is 3. The summed E-state index contributed by atoms with van der Waals surface area (Å²) in [5.74, 6) is -3.36. The van der Waals surface area contributed by atoms with Gasteiger partial charge in [-0.1, -0.05) is 43.5 Å².